The summed E-state index contributed by atoms with van der Waals surface area (Å²) in [6.45, 7) is 2.09. The third-order valence-electron chi connectivity index (χ3n) is 3.66. The van der Waals surface area contributed by atoms with Gasteiger partial charge in [0.25, 0.3) is 0 Å². The van der Waals surface area contributed by atoms with E-state index in [-0.39, 0.29) is 18.1 Å². The molecule has 0 unspecified atom stereocenters. The van der Waals surface area contributed by atoms with Gasteiger partial charge in [-0.1, -0.05) is 31.2 Å². The van der Waals surface area contributed by atoms with E-state index in [0.717, 1.165) is 12.1 Å². The minimum atomic E-state index is -0.310. The molecule has 0 fully saturated rings. The highest BCUT2D eigenvalue weighted by Gasteiger charge is 2.11. The fourth-order valence-corrected chi connectivity index (χ4v) is 3.14. The Labute approximate surface area is 144 Å². The molecule has 0 aliphatic rings. The van der Waals surface area contributed by atoms with E-state index in [1.165, 1.54) is 23.0 Å². The van der Waals surface area contributed by atoms with Gasteiger partial charge in [-0.2, -0.15) is 0 Å². The van der Waals surface area contributed by atoms with Crippen molar-refractivity contribution in [1.82, 2.24) is 4.98 Å². The third kappa shape index (κ3) is 3.86. The zero-order valence-electron chi connectivity index (χ0n) is 13.3. The molecule has 24 heavy (non-hydrogen) atoms. The number of thiazole rings is 1. The molecular formula is C19H17FN2OS. The number of anilines is 1. The largest absolute Gasteiger partial charge is 0.326 e. The predicted molar refractivity (Wildman–Crippen MR) is 95.7 cm³/mol. The summed E-state index contributed by atoms with van der Waals surface area (Å²) in [6.07, 6.45) is 1.14. The molecule has 2 aromatic carbocycles. The van der Waals surface area contributed by atoms with Gasteiger partial charge in [0.1, 0.15) is 10.8 Å². The Morgan fingerprint density at radius 2 is 1.92 bits per heavy atom. The molecule has 1 heterocycles. The Morgan fingerprint density at radius 3 is 2.62 bits per heavy atom. The van der Waals surface area contributed by atoms with E-state index in [0.29, 0.717) is 16.3 Å². The van der Waals surface area contributed by atoms with Gasteiger partial charge in [-0.15, -0.1) is 11.3 Å². The smallest absolute Gasteiger partial charge is 0.231 e. The molecule has 0 atom stereocenters. The first kappa shape index (κ1) is 16.3. The molecule has 0 aliphatic heterocycles. The van der Waals surface area contributed by atoms with E-state index in [1.54, 1.807) is 23.6 Å². The van der Waals surface area contributed by atoms with Gasteiger partial charge in [0.15, 0.2) is 0 Å². The zero-order chi connectivity index (χ0) is 16.9. The summed E-state index contributed by atoms with van der Waals surface area (Å²) in [6, 6.07) is 14.3. The van der Waals surface area contributed by atoms with Crippen LogP contribution in [-0.4, -0.2) is 10.9 Å². The lowest BCUT2D eigenvalue weighted by Crippen LogP contribution is -2.14. The lowest BCUT2D eigenvalue weighted by molar-refractivity contribution is -0.115. The van der Waals surface area contributed by atoms with Crippen LogP contribution in [0.15, 0.2) is 53.9 Å². The predicted octanol–water partition coefficient (Wildman–Crippen LogP) is 4.69. The van der Waals surface area contributed by atoms with Crippen LogP contribution in [-0.2, 0) is 17.6 Å². The van der Waals surface area contributed by atoms with Crippen LogP contribution < -0.4 is 5.32 Å². The molecule has 1 amide bonds. The van der Waals surface area contributed by atoms with Crippen molar-refractivity contribution < 1.29 is 9.18 Å². The number of nitrogens with one attached hydrogen (secondary N) is 1. The number of halogens is 1. The van der Waals surface area contributed by atoms with E-state index in [2.05, 4.69) is 17.2 Å². The minimum absolute atomic E-state index is 0.131. The second-order valence-corrected chi connectivity index (χ2v) is 6.32. The number of hydrogen-bond donors (Lipinski definition) is 1. The average Bonchev–Trinajstić information content (AvgIpc) is 3.04. The van der Waals surface area contributed by atoms with Crippen LogP contribution in [0, 0.1) is 5.82 Å². The molecule has 5 heteroatoms. The van der Waals surface area contributed by atoms with Gasteiger partial charge in [0.2, 0.25) is 5.91 Å². The number of aryl methyl sites for hydroxylation is 1. The summed E-state index contributed by atoms with van der Waals surface area (Å²) >= 11 is 1.36. The van der Waals surface area contributed by atoms with E-state index in [9.17, 15) is 9.18 Å². The third-order valence-corrected chi connectivity index (χ3v) is 4.51. The van der Waals surface area contributed by atoms with Gasteiger partial charge in [0.05, 0.1) is 12.1 Å². The molecule has 0 aliphatic carbocycles. The normalized spacial score (nSPS) is 10.6. The van der Waals surface area contributed by atoms with Crippen LogP contribution in [0.3, 0.4) is 0 Å². The maximum atomic E-state index is 13.8. The van der Waals surface area contributed by atoms with Gasteiger partial charge >= 0.3 is 0 Å². The Morgan fingerprint density at radius 1 is 1.17 bits per heavy atom. The first-order valence-corrected chi connectivity index (χ1v) is 8.61. The molecule has 122 valence electrons. The number of carbonyl (C=O) groups excluding carboxylic acids is 1. The molecule has 0 radical (unpaired) electrons. The highest BCUT2D eigenvalue weighted by atomic mass is 32.1. The monoisotopic (exact) mass is 340 g/mol. The minimum Gasteiger partial charge on any atom is -0.326 e. The number of carbonyl (C=O) groups is 1. The lowest BCUT2D eigenvalue weighted by atomic mass is 10.1. The molecule has 3 nitrogen and oxygen atoms in total. The van der Waals surface area contributed by atoms with Crippen LogP contribution in [0.25, 0.3) is 11.3 Å². The fraction of sp³-hybridized carbons (Fsp3) is 0.158. The van der Waals surface area contributed by atoms with Gasteiger partial charge in [-0.25, -0.2) is 9.37 Å². The first-order chi connectivity index (χ1) is 11.7. The molecular weight excluding hydrogens is 323 g/mol. The molecule has 0 bridgehead atoms. The quantitative estimate of drug-likeness (QED) is 0.732. The second-order valence-electron chi connectivity index (χ2n) is 5.38. The number of nitrogens with zero attached hydrogens (tertiary/aromatic N) is 1. The van der Waals surface area contributed by atoms with Crippen molar-refractivity contribution in [3.8, 4) is 11.3 Å². The van der Waals surface area contributed by atoms with Crippen molar-refractivity contribution in [2.45, 2.75) is 19.8 Å². The van der Waals surface area contributed by atoms with Crippen LogP contribution in [0.5, 0.6) is 0 Å². The SMILES string of the molecule is CCc1ccc(NC(=O)Cc2nc(-c3ccccc3F)cs2)cc1. The van der Waals surface area contributed by atoms with Gasteiger partial charge < -0.3 is 5.32 Å². The maximum absolute atomic E-state index is 13.8. The first-order valence-electron chi connectivity index (χ1n) is 7.74. The van der Waals surface area contributed by atoms with Crippen molar-refractivity contribution in [3.63, 3.8) is 0 Å². The van der Waals surface area contributed by atoms with E-state index in [1.807, 2.05) is 24.3 Å². The van der Waals surface area contributed by atoms with E-state index >= 15 is 0 Å². The standard InChI is InChI=1S/C19H17FN2OS/c1-2-13-7-9-14(10-8-13)21-18(23)11-19-22-17(12-24-19)15-5-3-4-6-16(15)20/h3-10,12H,2,11H2,1H3,(H,21,23). The summed E-state index contributed by atoms with van der Waals surface area (Å²) in [5.41, 5.74) is 3.01. The zero-order valence-corrected chi connectivity index (χ0v) is 14.1. The summed E-state index contributed by atoms with van der Waals surface area (Å²) in [7, 11) is 0. The highest BCUT2D eigenvalue weighted by molar-refractivity contribution is 7.10. The molecule has 3 aromatic rings. The Bertz CT molecular complexity index is 843. The Kier molecular flexibility index (Phi) is 5.01. The van der Waals surface area contributed by atoms with Crippen LogP contribution in [0.4, 0.5) is 10.1 Å². The van der Waals surface area contributed by atoms with Crippen LogP contribution >= 0.6 is 11.3 Å². The Hall–Kier alpha value is -2.53. The summed E-state index contributed by atoms with van der Waals surface area (Å²) in [5, 5.41) is 5.29. The number of rotatable bonds is 5. The van der Waals surface area contributed by atoms with Crippen molar-refractivity contribution >= 4 is 22.9 Å². The van der Waals surface area contributed by atoms with Gasteiger partial charge in [-0.3, -0.25) is 4.79 Å². The van der Waals surface area contributed by atoms with Crippen LogP contribution in [0.2, 0.25) is 0 Å². The molecule has 0 saturated carbocycles. The molecule has 0 spiro atoms. The van der Waals surface area contributed by atoms with E-state index in [4.69, 9.17) is 0 Å². The second kappa shape index (κ2) is 7.36. The number of amides is 1. The summed E-state index contributed by atoms with van der Waals surface area (Å²) < 4.78 is 13.8. The van der Waals surface area contributed by atoms with Crippen LogP contribution in [0.1, 0.15) is 17.5 Å². The number of benzene rings is 2. The lowest BCUT2D eigenvalue weighted by Gasteiger charge is -2.05. The molecule has 1 aromatic heterocycles. The van der Waals surface area contributed by atoms with Crippen molar-refractivity contribution in [2.75, 3.05) is 5.32 Å². The van der Waals surface area contributed by atoms with Gasteiger partial charge in [0, 0.05) is 16.6 Å². The number of hydrogen-bond acceptors (Lipinski definition) is 3. The topological polar surface area (TPSA) is 42.0 Å². The average molecular weight is 340 g/mol. The fourth-order valence-electron chi connectivity index (χ4n) is 2.35. The Balaban J connectivity index is 1.66. The summed E-state index contributed by atoms with van der Waals surface area (Å²) in [4.78, 5) is 16.5. The van der Waals surface area contributed by atoms with E-state index < -0.39 is 0 Å². The molecule has 3 rings (SSSR count). The highest BCUT2D eigenvalue weighted by Crippen LogP contribution is 2.24. The molecule has 1 N–H and O–H groups in total. The van der Waals surface area contributed by atoms with Crippen molar-refractivity contribution in [3.05, 3.63) is 70.3 Å². The summed E-state index contributed by atoms with van der Waals surface area (Å²) in [5.74, 6) is -0.441. The van der Waals surface area contributed by atoms with Crippen molar-refractivity contribution in [1.29, 1.82) is 0 Å². The van der Waals surface area contributed by atoms with Gasteiger partial charge in [-0.05, 0) is 36.2 Å². The molecule has 0 saturated heterocycles. The number of aromatic nitrogens is 1. The van der Waals surface area contributed by atoms with Crippen molar-refractivity contribution in [2.24, 2.45) is 0 Å². The maximum Gasteiger partial charge on any atom is 0.231 e.